The van der Waals surface area contributed by atoms with Crippen molar-refractivity contribution < 1.29 is 13.9 Å². The molecule has 0 spiro atoms. The predicted molar refractivity (Wildman–Crippen MR) is 125 cm³/mol. The van der Waals surface area contributed by atoms with Gasteiger partial charge in [-0.05, 0) is 60.1 Å². The van der Waals surface area contributed by atoms with Gasteiger partial charge in [0, 0.05) is 19.0 Å². The van der Waals surface area contributed by atoms with Gasteiger partial charge < -0.3 is 14.0 Å². The van der Waals surface area contributed by atoms with Crippen LogP contribution >= 0.6 is 15.9 Å². The van der Waals surface area contributed by atoms with Crippen molar-refractivity contribution >= 4 is 27.1 Å². The second-order valence-electron chi connectivity index (χ2n) is 9.46. The minimum Gasteiger partial charge on any atom is -0.471 e. The molecule has 0 N–H and O–H groups in total. The van der Waals surface area contributed by atoms with Crippen LogP contribution in [0.4, 0.5) is 4.39 Å². The highest BCUT2D eigenvalue weighted by molar-refractivity contribution is 9.10. The quantitative estimate of drug-likeness (QED) is 0.419. The van der Waals surface area contributed by atoms with Crippen LogP contribution in [0.2, 0.25) is 0 Å². The van der Waals surface area contributed by atoms with Gasteiger partial charge in [0.15, 0.2) is 15.9 Å². The summed E-state index contributed by atoms with van der Waals surface area (Å²) < 4.78 is 29.3. The molecule has 2 saturated heterocycles. The van der Waals surface area contributed by atoms with Crippen LogP contribution in [0.25, 0.3) is 11.2 Å². The molecule has 33 heavy (non-hydrogen) atoms. The fourth-order valence-electron chi connectivity index (χ4n) is 5.44. The minimum atomic E-state index is -0.795. The van der Waals surface area contributed by atoms with E-state index in [-0.39, 0.29) is 11.5 Å². The lowest BCUT2D eigenvalue weighted by Crippen LogP contribution is -2.43. The molecule has 1 aromatic carbocycles. The van der Waals surface area contributed by atoms with Crippen LogP contribution in [-0.2, 0) is 6.61 Å². The Bertz CT molecular complexity index is 1150. The Morgan fingerprint density at radius 1 is 1.09 bits per heavy atom. The average Bonchev–Trinajstić information content (AvgIpc) is 3.40. The number of aromatic nitrogens is 4. The van der Waals surface area contributed by atoms with Gasteiger partial charge in [0.2, 0.25) is 5.88 Å². The molecule has 0 amide bonds. The first kappa shape index (κ1) is 21.3. The van der Waals surface area contributed by atoms with Crippen molar-refractivity contribution in [2.75, 3.05) is 19.7 Å². The summed E-state index contributed by atoms with van der Waals surface area (Å²) in [6.45, 7) is 2.18. The van der Waals surface area contributed by atoms with Gasteiger partial charge in [0.1, 0.15) is 19.4 Å². The maximum Gasteiger partial charge on any atom is 0.321 e. The molecule has 0 bridgehead atoms. The van der Waals surface area contributed by atoms with E-state index < -0.39 is 6.17 Å². The summed E-state index contributed by atoms with van der Waals surface area (Å²) >= 11 is 3.61. The molecule has 2 atom stereocenters. The number of halogens is 2. The lowest BCUT2D eigenvalue weighted by molar-refractivity contribution is 0.106. The SMILES string of the molecule is F[C@H]1CN2CCC[C@@]2(COc2nc(OCc3ccccc3)c3c(n2)nc(Br)n3C2CCC2)C1. The van der Waals surface area contributed by atoms with Crippen molar-refractivity contribution in [3.8, 4) is 11.9 Å². The van der Waals surface area contributed by atoms with Gasteiger partial charge in [-0.2, -0.15) is 9.97 Å². The highest BCUT2D eigenvalue weighted by Gasteiger charge is 2.49. The first-order chi connectivity index (χ1) is 16.1. The molecule has 3 fully saturated rings. The number of hydrogen-bond acceptors (Lipinski definition) is 6. The average molecular weight is 516 g/mol. The maximum absolute atomic E-state index is 14.1. The molecule has 3 aromatic rings. The van der Waals surface area contributed by atoms with Gasteiger partial charge >= 0.3 is 6.01 Å². The van der Waals surface area contributed by atoms with Crippen molar-refractivity contribution in [2.24, 2.45) is 0 Å². The lowest BCUT2D eigenvalue weighted by atomic mass is 9.93. The van der Waals surface area contributed by atoms with Crippen LogP contribution in [0.3, 0.4) is 0 Å². The highest BCUT2D eigenvalue weighted by atomic mass is 79.9. The third-order valence-corrected chi connectivity index (χ3v) is 7.90. The van der Waals surface area contributed by atoms with E-state index in [2.05, 4.69) is 40.3 Å². The topological polar surface area (TPSA) is 65.3 Å². The summed E-state index contributed by atoms with van der Waals surface area (Å²) in [5.41, 5.74) is 2.15. The molecular formula is C24H27BrFN5O2. The molecule has 0 radical (unpaired) electrons. The van der Waals surface area contributed by atoms with Crippen LogP contribution in [0.1, 0.15) is 50.1 Å². The Balaban J connectivity index is 1.32. The molecule has 3 aliphatic rings. The largest absolute Gasteiger partial charge is 0.471 e. The molecule has 2 aliphatic heterocycles. The number of nitrogens with zero attached hydrogens (tertiary/aromatic N) is 5. The molecule has 1 saturated carbocycles. The summed E-state index contributed by atoms with van der Waals surface area (Å²) in [4.78, 5) is 16.2. The summed E-state index contributed by atoms with van der Waals surface area (Å²) in [5, 5.41) is 0. The van der Waals surface area contributed by atoms with Crippen molar-refractivity contribution in [1.82, 2.24) is 24.4 Å². The standard InChI is InChI=1S/C24H27BrFN5O2/c25-22-27-20-19(31(22)18-8-4-9-18)21(32-14-16-6-2-1-3-7-16)29-23(28-20)33-15-24-10-5-11-30(24)13-17(26)12-24/h1-3,6-7,17-18H,4-5,8-15H2/t17-,24+/m1/s1. The zero-order chi connectivity index (χ0) is 22.4. The molecule has 2 aromatic heterocycles. The van der Waals surface area contributed by atoms with E-state index in [1.54, 1.807) is 0 Å². The van der Waals surface area contributed by atoms with E-state index in [0.717, 1.165) is 48.0 Å². The predicted octanol–water partition coefficient (Wildman–Crippen LogP) is 4.85. The Kier molecular flexibility index (Phi) is 5.49. The van der Waals surface area contributed by atoms with E-state index in [1.807, 2.05) is 30.3 Å². The molecule has 6 rings (SSSR count). The summed E-state index contributed by atoms with van der Waals surface area (Å²) in [6, 6.07) is 10.6. The zero-order valence-electron chi connectivity index (χ0n) is 18.4. The molecule has 0 unspecified atom stereocenters. The van der Waals surface area contributed by atoms with Crippen molar-refractivity contribution in [1.29, 1.82) is 0 Å². The van der Waals surface area contributed by atoms with Gasteiger partial charge in [0.05, 0.1) is 5.54 Å². The summed E-state index contributed by atoms with van der Waals surface area (Å²) in [7, 11) is 0. The Morgan fingerprint density at radius 2 is 1.94 bits per heavy atom. The number of imidazole rings is 1. The van der Waals surface area contributed by atoms with Gasteiger partial charge in [-0.3, -0.25) is 4.90 Å². The number of benzene rings is 1. The molecular weight excluding hydrogens is 489 g/mol. The van der Waals surface area contributed by atoms with Crippen LogP contribution in [0, 0.1) is 0 Å². The Labute approximate surface area is 200 Å². The smallest absolute Gasteiger partial charge is 0.321 e. The first-order valence-electron chi connectivity index (χ1n) is 11.8. The second kappa shape index (κ2) is 8.51. The van der Waals surface area contributed by atoms with Crippen LogP contribution in [0.5, 0.6) is 11.9 Å². The van der Waals surface area contributed by atoms with Gasteiger partial charge in [-0.15, -0.1) is 0 Å². The fraction of sp³-hybridized carbons (Fsp3) is 0.542. The van der Waals surface area contributed by atoms with Gasteiger partial charge in [-0.25, -0.2) is 9.37 Å². The second-order valence-corrected chi connectivity index (χ2v) is 10.2. The number of hydrogen-bond donors (Lipinski definition) is 0. The molecule has 174 valence electrons. The third-order valence-electron chi connectivity index (χ3n) is 7.34. The normalized spacial score (nSPS) is 25.3. The third kappa shape index (κ3) is 3.89. The van der Waals surface area contributed by atoms with Crippen molar-refractivity contribution in [3.05, 3.63) is 40.6 Å². The monoisotopic (exact) mass is 515 g/mol. The van der Waals surface area contributed by atoms with E-state index in [0.29, 0.717) is 43.7 Å². The first-order valence-corrected chi connectivity index (χ1v) is 12.5. The van der Waals surface area contributed by atoms with E-state index in [9.17, 15) is 4.39 Å². The lowest BCUT2D eigenvalue weighted by Gasteiger charge is -2.30. The summed E-state index contributed by atoms with van der Waals surface area (Å²) in [5.74, 6) is 0.472. The Morgan fingerprint density at radius 3 is 2.73 bits per heavy atom. The van der Waals surface area contributed by atoms with Crippen LogP contribution in [-0.4, -0.2) is 55.8 Å². The molecule has 7 nitrogen and oxygen atoms in total. The maximum atomic E-state index is 14.1. The van der Waals surface area contributed by atoms with Crippen LogP contribution in [0.15, 0.2) is 35.1 Å². The van der Waals surface area contributed by atoms with E-state index >= 15 is 0 Å². The van der Waals surface area contributed by atoms with Crippen molar-refractivity contribution in [3.63, 3.8) is 0 Å². The Hall–Kier alpha value is -2.26. The van der Waals surface area contributed by atoms with Gasteiger partial charge in [-0.1, -0.05) is 30.3 Å². The minimum absolute atomic E-state index is 0.236. The number of alkyl halides is 1. The summed E-state index contributed by atoms with van der Waals surface area (Å²) in [6.07, 6.45) is 5.12. The van der Waals surface area contributed by atoms with E-state index in [1.165, 1.54) is 6.42 Å². The van der Waals surface area contributed by atoms with E-state index in [4.69, 9.17) is 9.47 Å². The van der Waals surface area contributed by atoms with Crippen molar-refractivity contribution in [2.45, 2.75) is 62.9 Å². The van der Waals surface area contributed by atoms with Crippen LogP contribution < -0.4 is 9.47 Å². The molecule has 9 heteroatoms. The highest BCUT2D eigenvalue weighted by Crippen LogP contribution is 2.42. The fourth-order valence-corrected chi connectivity index (χ4v) is 6.08. The molecule has 4 heterocycles. The number of fused-ring (bicyclic) bond motifs is 2. The van der Waals surface area contributed by atoms with Gasteiger partial charge in [0.25, 0.3) is 0 Å². The molecule has 1 aliphatic carbocycles. The zero-order valence-corrected chi connectivity index (χ0v) is 20.0. The number of ether oxygens (including phenoxy) is 2. The number of rotatable bonds is 7.